The molecule has 0 aliphatic heterocycles. The summed E-state index contributed by atoms with van der Waals surface area (Å²) in [7, 11) is 0. The monoisotopic (exact) mass is 250 g/mol. The molecule has 0 spiro atoms. The number of carboxylic acid groups (broad SMARTS) is 1. The van der Waals surface area contributed by atoms with Crippen LogP contribution in [0.4, 0.5) is 0 Å². The van der Waals surface area contributed by atoms with Crippen molar-refractivity contribution in [1.29, 1.82) is 0 Å². The molecular formula is C12H14N2O4. The molecule has 1 atom stereocenters. The molecule has 0 bridgehead atoms. The average molecular weight is 250 g/mol. The number of nitrogens with two attached hydrogens (primary N) is 1. The molecule has 96 valence electrons. The van der Waals surface area contributed by atoms with Gasteiger partial charge >= 0.3 is 5.97 Å². The van der Waals surface area contributed by atoms with E-state index in [0.29, 0.717) is 6.42 Å². The van der Waals surface area contributed by atoms with Crippen molar-refractivity contribution >= 4 is 17.8 Å². The van der Waals surface area contributed by atoms with Gasteiger partial charge in [0.2, 0.25) is 5.91 Å². The van der Waals surface area contributed by atoms with Crippen molar-refractivity contribution in [3.63, 3.8) is 0 Å². The van der Waals surface area contributed by atoms with Crippen molar-refractivity contribution in [3.05, 3.63) is 35.4 Å². The molecule has 0 heterocycles. The lowest BCUT2D eigenvalue weighted by Gasteiger charge is -2.12. The second kappa shape index (κ2) is 5.81. The van der Waals surface area contributed by atoms with E-state index in [1.165, 1.54) is 24.3 Å². The standard InChI is InChI=1S/C12H14N2O4/c1-2-9(12(17)18)14-11(16)8-5-3-7(4-6-8)10(13)15/h3-6,9H,2H2,1H3,(H2,13,15)(H,14,16)(H,17,18)/t9-/m1/s1. The van der Waals surface area contributed by atoms with Crippen LogP contribution in [0, 0.1) is 0 Å². The molecular weight excluding hydrogens is 236 g/mol. The molecule has 0 unspecified atom stereocenters. The highest BCUT2D eigenvalue weighted by Gasteiger charge is 2.18. The molecule has 1 aromatic rings. The molecule has 0 saturated carbocycles. The molecule has 1 rings (SSSR count). The average Bonchev–Trinajstić information content (AvgIpc) is 2.35. The van der Waals surface area contributed by atoms with Gasteiger partial charge in [-0.15, -0.1) is 0 Å². The van der Waals surface area contributed by atoms with E-state index >= 15 is 0 Å². The van der Waals surface area contributed by atoms with Crippen molar-refractivity contribution in [2.45, 2.75) is 19.4 Å². The third kappa shape index (κ3) is 3.31. The van der Waals surface area contributed by atoms with Gasteiger partial charge < -0.3 is 16.2 Å². The Bertz CT molecular complexity index is 467. The van der Waals surface area contributed by atoms with Gasteiger partial charge in [-0.25, -0.2) is 4.79 Å². The first kappa shape index (κ1) is 13.7. The van der Waals surface area contributed by atoms with Gasteiger partial charge in [-0.05, 0) is 30.7 Å². The smallest absolute Gasteiger partial charge is 0.326 e. The summed E-state index contributed by atoms with van der Waals surface area (Å²) in [5, 5.41) is 11.2. The van der Waals surface area contributed by atoms with E-state index in [1.54, 1.807) is 6.92 Å². The van der Waals surface area contributed by atoms with Crippen LogP contribution in [-0.4, -0.2) is 28.9 Å². The molecule has 1 aromatic carbocycles. The van der Waals surface area contributed by atoms with E-state index in [2.05, 4.69) is 5.32 Å². The number of nitrogens with one attached hydrogen (secondary N) is 1. The van der Waals surface area contributed by atoms with Gasteiger partial charge in [0.1, 0.15) is 6.04 Å². The van der Waals surface area contributed by atoms with Crippen LogP contribution in [0.3, 0.4) is 0 Å². The Morgan fingerprint density at radius 1 is 1.22 bits per heavy atom. The zero-order valence-electron chi connectivity index (χ0n) is 9.84. The van der Waals surface area contributed by atoms with E-state index < -0.39 is 23.8 Å². The first-order valence-electron chi connectivity index (χ1n) is 5.39. The lowest BCUT2D eigenvalue weighted by atomic mass is 10.1. The van der Waals surface area contributed by atoms with E-state index in [9.17, 15) is 14.4 Å². The maximum atomic E-state index is 11.7. The Morgan fingerprint density at radius 3 is 2.11 bits per heavy atom. The normalized spacial score (nSPS) is 11.6. The van der Waals surface area contributed by atoms with Gasteiger partial charge in [0.05, 0.1) is 0 Å². The molecule has 2 amide bonds. The fourth-order valence-electron chi connectivity index (χ4n) is 1.37. The maximum absolute atomic E-state index is 11.7. The van der Waals surface area contributed by atoms with Crippen LogP contribution in [-0.2, 0) is 4.79 Å². The maximum Gasteiger partial charge on any atom is 0.326 e. The summed E-state index contributed by atoms with van der Waals surface area (Å²) in [5.41, 5.74) is 5.63. The highest BCUT2D eigenvalue weighted by Crippen LogP contribution is 2.04. The number of benzene rings is 1. The van der Waals surface area contributed by atoms with Crippen molar-refractivity contribution in [1.82, 2.24) is 5.32 Å². The molecule has 0 aromatic heterocycles. The van der Waals surface area contributed by atoms with Crippen LogP contribution in [0.1, 0.15) is 34.1 Å². The van der Waals surface area contributed by atoms with Gasteiger partial charge in [0.15, 0.2) is 0 Å². The molecule has 4 N–H and O–H groups in total. The van der Waals surface area contributed by atoms with Crippen molar-refractivity contribution < 1.29 is 19.5 Å². The zero-order chi connectivity index (χ0) is 13.7. The van der Waals surface area contributed by atoms with Crippen LogP contribution in [0.2, 0.25) is 0 Å². The molecule has 6 nitrogen and oxygen atoms in total. The molecule has 6 heteroatoms. The number of carboxylic acids is 1. The number of carbonyl (C=O) groups is 3. The van der Waals surface area contributed by atoms with Gasteiger partial charge in [-0.3, -0.25) is 9.59 Å². The number of rotatable bonds is 5. The van der Waals surface area contributed by atoms with Gasteiger partial charge in [-0.2, -0.15) is 0 Å². The van der Waals surface area contributed by atoms with Crippen LogP contribution < -0.4 is 11.1 Å². The lowest BCUT2D eigenvalue weighted by molar-refractivity contribution is -0.139. The summed E-state index contributed by atoms with van der Waals surface area (Å²) < 4.78 is 0. The molecule has 0 aliphatic rings. The van der Waals surface area contributed by atoms with Crippen molar-refractivity contribution in [3.8, 4) is 0 Å². The quantitative estimate of drug-likeness (QED) is 0.701. The van der Waals surface area contributed by atoms with Crippen molar-refractivity contribution in [2.24, 2.45) is 5.73 Å². The third-order valence-corrected chi connectivity index (χ3v) is 2.44. The SMILES string of the molecule is CC[C@@H](NC(=O)c1ccc(C(N)=O)cc1)C(=O)O. The number of primary amides is 1. The Labute approximate surface area is 104 Å². The summed E-state index contributed by atoms with van der Waals surface area (Å²) in [6, 6.07) is 4.75. The topological polar surface area (TPSA) is 109 Å². The second-order valence-electron chi connectivity index (χ2n) is 3.71. The lowest BCUT2D eigenvalue weighted by Crippen LogP contribution is -2.40. The number of hydrogen-bond donors (Lipinski definition) is 3. The zero-order valence-corrected chi connectivity index (χ0v) is 9.84. The predicted octanol–water partition coefficient (Wildman–Crippen LogP) is 0.378. The van der Waals surface area contributed by atoms with Crippen LogP contribution in [0.15, 0.2) is 24.3 Å². The van der Waals surface area contributed by atoms with Crippen molar-refractivity contribution in [2.75, 3.05) is 0 Å². The number of amides is 2. The van der Waals surface area contributed by atoms with E-state index in [4.69, 9.17) is 10.8 Å². The summed E-state index contributed by atoms with van der Waals surface area (Å²) in [5.74, 6) is -2.17. The molecule has 0 saturated heterocycles. The number of aliphatic carboxylic acids is 1. The number of carbonyl (C=O) groups excluding carboxylic acids is 2. The van der Waals surface area contributed by atoms with E-state index in [-0.39, 0.29) is 11.1 Å². The number of hydrogen-bond acceptors (Lipinski definition) is 3. The van der Waals surface area contributed by atoms with Gasteiger partial charge in [-0.1, -0.05) is 6.92 Å². The predicted molar refractivity (Wildman–Crippen MR) is 64.1 cm³/mol. The summed E-state index contributed by atoms with van der Waals surface area (Å²) in [6.45, 7) is 1.66. The highest BCUT2D eigenvalue weighted by atomic mass is 16.4. The Morgan fingerprint density at radius 2 is 1.72 bits per heavy atom. The minimum Gasteiger partial charge on any atom is -0.480 e. The fraction of sp³-hybridized carbons (Fsp3) is 0.250. The summed E-state index contributed by atoms with van der Waals surface area (Å²) in [6.07, 6.45) is 0.292. The second-order valence-corrected chi connectivity index (χ2v) is 3.71. The molecule has 0 fully saturated rings. The van der Waals surface area contributed by atoms with Crippen LogP contribution >= 0.6 is 0 Å². The fourth-order valence-corrected chi connectivity index (χ4v) is 1.37. The minimum absolute atomic E-state index is 0.278. The first-order valence-corrected chi connectivity index (χ1v) is 5.39. The first-order chi connectivity index (χ1) is 8.45. The Hall–Kier alpha value is -2.37. The molecule has 0 aliphatic carbocycles. The largest absolute Gasteiger partial charge is 0.480 e. The van der Waals surface area contributed by atoms with E-state index in [1.807, 2.05) is 0 Å². The van der Waals surface area contributed by atoms with Gasteiger partial charge in [0.25, 0.3) is 5.91 Å². The summed E-state index contributed by atoms with van der Waals surface area (Å²) in [4.78, 5) is 33.3. The van der Waals surface area contributed by atoms with E-state index in [0.717, 1.165) is 0 Å². The van der Waals surface area contributed by atoms with Crippen LogP contribution in [0.25, 0.3) is 0 Å². The van der Waals surface area contributed by atoms with Gasteiger partial charge in [0, 0.05) is 11.1 Å². The molecule has 0 radical (unpaired) electrons. The molecule has 18 heavy (non-hydrogen) atoms. The summed E-state index contributed by atoms with van der Waals surface area (Å²) >= 11 is 0. The van der Waals surface area contributed by atoms with Crippen LogP contribution in [0.5, 0.6) is 0 Å². The highest BCUT2D eigenvalue weighted by molar-refractivity contribution is 5.98. The minimum atomic E-state index is -1.08. The Kier molecular flexibility index (Phi) is 4.42. The Balaban J connectivity index is 2.78. The third-order valence-electron chi connectivity index (χ3n) is 2.44.